The quantitative estimate of drug-likeness (QED) is 0.852. The molecular weight excluding hydrogens is 226 g/mol. The molecule has 2 heterocycles. The summed E-state index contributed by atoms with van der Waals surface area (Å²) in [5.41, 5.74) is 4.70. The smallest absolute Gasteiger partial charge is 0.146 e. The number of aromatic amines is 1. The van der Waals surface area contributed by atoms with Gasteiger partial charge in [-0.2, -0.15) is 0 Å². The zero-order valence-electron chi connectivity index (χ0n) is 10.7. The van der Waals surface area contributed by atoms with E-state index in [1.54, 1.807) is 6.33 Å². The number of fused-ring (bicyclic) bond motifs is 1. The van der Waals surface area contributed by atoms with Crippen molar-refractivity contribution in [3.63, 3.8) is 0 Å². The van der Waals surface area contributed by atoms with Crippen molar-refractivity contribution in [3.05, 3.63) is 41.5 Å². The molecule has 18 heavy (non-hydrogen) atoms. The number of anilines is 1. The number of aryl methyl sites for hydroxylation is 1. The van der Waals surface area contributed by atoms with Gasteiger partial charge in [0.1, 0.15) is 5.75 Å². The van der Waals surface area contributed by atoms with E-state index in [1.165, 1.54) is 11.1 Å². The first-order valence-electron chi connectivity index (χ1n) is 6.23. The van der Waals surface area contributed by atoms with Gasteiger partial charge >= 0.3 is 0 Å². The van der Waals surface area contributed by atoms with Crippen LogP contribution in [0, 0.1) is 6.92 Å². The van der Waals surface area contributed by atoms with E-state index >= 15 is 0 Å². The molecule has 0 bridgehead atoms. The van der Waals surface area contributed by atoms with Crippen LogP contribution in [0.1, 0.15) is 29.2 Å². The summed E-state index contributed by atoms with van der Waals surface area (Å²) >= 11 is 0. The fraction of sp³-hybridized carbons (Fsp3) is 0.357. The first kappa shape index (κ1) is 11.1. The molecule has 2 aromatic rings. The van der Waals surface area contributed by atoms with Gasteiger partial charge in [0.05, 0.1) is 18.6 Å². The molecule has 4 nitrogen and oxygen atoms in total. The molecule has 4 heteroatoms. The van der Waals surface area contributed by atoms with Crippen LogP contribution in [-0.2, 0) is 0 Å². The summed E-state index contributed by atoms with van der Waals surface area (Å²) in [4.78, 5) is 7.33. The van der Waals surface area contributed by atoms with Crippen molar-refractivity contribution >= 4 is 5.69 Å². The fourth-order valence-electron chi connectivity index (χ4n) is 2.65. The maximum atomic E-state index is 5.86. The van der Waals surface area contributed by atoms with Gasteiger partial charge in [-0.15, -0.1) is 0 Å². The number of rotatable bonds is 2. The highest BCUT2D eigenvalue weighted by molar-refractivity contribution is 5.66. The molecule has 2 N–H and O–H groups in total. The average molecular weight is 243 g/mol. The van der Waals surface area contributed by atoms with Crippen LogP contribution in [0.3, 0.4) is 0 Å². The molecule has 0 aliphatic carbocycles. The topological polar surface area (TPSA) is 49.9 Å². The second kappa shape index (κ2) is 4.37. The molecule has 0 fully saturated rings. The first-order chi connectivity index (χ1) is 8.81. The van der Waals surface area contributed by atoms with E-state index in [0.717, 1.165) is 30.2 Å². The number of nitrogens with zero attached hydrogens (tertiary/aromatic N) is 1. The summed E-state index contributed by atoms with van der Waals surface area (Å²) in [7, 11) is 1.94. The van der Waals surface area contributed by atoms with Crippen molar-refractivity contribution in [2.45, 2.75) is 19.3 Å². The van der Waals surface area contributed by atoms with Crippen LogP contribution in [0.2, 0.25) is 0 Å². The third kappa shape index (κ3) is 1.65. The predicted molar refractivity (Wildman–Crippen MR) is 71.3 cm³/mol. The van der Waals surface area contributed by atoms with Crippen LogP contribution in [0.5, 0.6) is 5.75 Å². The number of benzene rings is 1. The Hall–Kier alpha value is -1.97. The summed E-state index contributed by atoms with van der Waals surface area (Å²) in [6.45, 7) is 2.84. The van der Waals surface area contributed by atoms with E-state index in [1.807, 2.05) is 13.2 Å². The van der Waals surface area contributed by atoms with Crippen LogP contribution in [0.4, 0.5) is 5.69 Å². The molecule has 1 atom stereocenters. The number of hydrogen-bond acceptors (Lipinski definition) is 3. The van der Waals surface area contributed by atoms with Gasteiger partial charge in [0.15, 0.2) is 0 Å². The highest BCUT2D eigenvalue weighted by Crippen LogP contribution is 2.42. The maximum Gasteiger partial charge on any atom is 0.146 e. The number of aromatic nitrogens is 2. The van der Waals surface area contributed by atoms with Crippen LogP contribution < -0.4 is 10.1 Å². The number of imidazole rings is 1. The van der Waals surface area contributed by atoms with E-state index in [9.17, 15) is 0 Å². The molecule has 1 aliphatic rings. The van der Waals surface area contributed by atoms with Crippen molar-refractivity contribution in [1.29, 1.82) is 0 Å². The lowest BCUT2D eigenvalue weighted by Crippen LogP contribution is -2.17. The van der Waals surface area contributed by atoms with Gasteiger partial charge in [0, 0.05) is 30.4 Å². The summed E-state index contributed by atoms with van der Waals surface area (Å²) in [5.74, 6) is 1.34. The molecule has 94 valence electrons. The van der Waals surface area contributed by atoms with Gasteiger partial charge < -0.3 is 15.0 Å². The van der Waals surface area contributed by atoms with E-state index in [0.29, 0.717) is 5.92 Å². The summed E-state index contributed by atoms with van der Waals surface area (Å²) < 4.78 is 5.86. The lowest BCUT2D eigenvalue weighted by atomic mass is 9.89. The average Bonchev–Trinajstić information content (AvgIpc) is 2.91. The lowest BCUT2D eigenvalue weighted by molar-refractivity contribution is 0.277. The summed E-state index contributed by atoms with van der Waals surface area (Å²) in [5, 5.41) is 3.24. The normalized spacial score (nSPS) is 18.0. The minimum absolute atomic E-state index is 0.351. The van der Waals surface area contributed by atoms with Crippen molar-refractivity contribution in [2.24, 2.45) is 0 Å². The highest BCUT2D eigenvalue weighted by atomic mass is 16.5. The Bertz CT molecular complexity index is 548. The molecule has 1 aliphatic heterocycles. The third-order valence-electron chi connectivity index (χ3n) is 3.57. The Balaban J connectivity index is 2.12. The number of hydrogen-bond donors (Lipinski definition) is 2. The van der Waals surface area contributed by atoms with Crippen LogP contribution in [-0.4, -0.2) is 23.6 Å². The minimum atomic E-state index is 0.351. The SMILES string of the molecule is CNc1c(C)ccc2c1OCCC2c1cnc[nH]1. The van der Waals surface area contributed by atoms with Crippen molar-refractivity contribution in [3.8, 4) is 5.75 Å². The molecule has 0 radical (unpaired) electrons. The molecule has 1 aromatic heterocycles. The fourth-order valence-corrected chi connectivity index (χ4v) is 2.65. The number of ether oxygens (including phenoxy) is 1. The Morgan fingerprint density at radius 2 is 2.33 bits per heavy atom. The summed E-state index contributed by atoms with van der Waals surface area (Å²) in [6.07, 6.45) is 4.62. The van der Waals surface area contributed by atoms with E-state index in [-0.39, 0.29) is 0 Å². The number of H-pyrrole nitrogens is 1. The molecule has 0 amide bonds. The van der Waals surface area contributed by atoms with Gasteiger partial charge in [0.25, 0.3) is 0 Å². The van der Waals surface area contributed by atoms with Gasteiger partial charge in [0.2, 0.25) is 0 Å². The second-order valence-corrected chi connectivity index (χ2v) is 4.62. The summed E-state index contributed by atoms with van der Waals surface area (Å²) in [6, 6.07) is 4.30. The largest absolute Gasteiger partial charge is 0.491 e. The lowest BCUT2D eigenvalue weighted by Gasteiger charge is -2.27. The molecule has 0 saturated heterocycles. The first-order valence-corrected chi connectivity index (χ1v) is 6.23. The molecule has 0 saturated carbocycles. The predicted octanol–water partition coefficient (Wildman–Crippen LogP) is 2.67. The van der Waals surface area contributed by atoms with E-state index in [4.69, 9.17) is 4.74 Å². The van der Waals surface area contributed by atoms with Gasteiger partial charge in [-0.25, -0.2) is 4.98 Å². The Morgan fingerprint density at radius 1 is 1.44 bits per heavy atom. The Labute approximate surface area is 106 Å². The second-order valence-electron chi connectivity index (χ2n) is 4.62. The van der Waals surface area contributed by atoms with E-state index < -0.39 is 0 Å². The molecule has 3 rings (SSSR count). The molecule has 1 unspecified atom stereocenters. The number of nitrogens with one attached hydrogen (secondary N) is 2. The Morgan fingerprint density at radius 3 is 3.06 bits per heavy atom. The van der Waals surface area contributed by atoms with Gasteiger partial charge in [-0.1, -0.05) is 12.1 Å². The van der Waals surface area contributed by atoms with Crippen molar-refractivity contribution < 1.29 is 4.74 Å². The van der Waals surface area contributed by atoms with Gasteiger partial charge in [-0.3, -0.25) is 0 Å². The van der Waals surface area contributed by atoms with Crippen LogP contribution in [0.25, 0.3) is 0 Å². The molecule has 0 spiro atoms. The van der Waals surface area contributed by atoms with Crippen LogP contribution >= 0.6 is 0 Å². The third-order valence-corrected chi connectivity index (χ3v) is 3.57. The molecule has 1 aromatic carbocycles. The highest BCUT2D eigenvalue weighted by Gasteiger charge is 2.26. The van der Waals surface area contributed by atoms with Crippen molar-refractivity contribution in [1.82, 2.24) is 9.97 Å². The Kier molecular flexibility index (Phi) is 2.70. The molecular formula is C14H17N3O. The van der Waals surface area contributed by atoms with Crippen LogP contribution in [0.15, 0.2) is 24.7 Å². The zero-order chi connectivity index (χ0) is 12.5. The van der Waals surface area contributed by atoms with Crippen molar-refractivity contribution in [2.75, 3.05) is 19.0 Å². The standard InChI is InChI=1S/C14H17N3O/c1-9-3-4-11-10(12-7-16-8-17-12)5-6-18-14(11)13(9)15-2/h3-4,7-8,10,15H,5-6H2,1-2H3,(H,16,17). The van der Waals surface area contributed by atoms with Gasteiger partial charge in [-0.05, 0) is 18.9 Å². The monoisotopic (exact) mass is 243 g/mol. The maximum absolute atomic E-state index is 5.86. The zero-order valence-corrected chi connectivity index (χ0v) is 10.7. The van der Waals surface area contributed by atoms with E-state index in [2.05, 4.69) is 34.3 Å². The minimum Gasteiger partial charge on any atom is -0.491 e.